The number of nitrogens with zero attached hydrogens (tertiary/aromatic N) is 1. The number of carbonyl (C=O) groups is 2. The van der Waals surface area contributed by atoms with Crippen LogP contribution in [0.25, 0.3) is 0 Å². The third-order valence-electron chi connectivity index (χ3n) is 4.70. The molecule has 28 heavy (non-hydrogen) atoms. The average Bonchev–Trinajstić information content (AvgIpc) is 2.72. The van der Waals surface area contributed by atoms with E-state index in [4.69, 9.17) is 4.74 Å². The molecule has 0 aromatic heterocycles. The van der Waals surface area contributed by atoms with Crippen LogP contribution in [-0.4, -0.2) is 36.4 Å². The Balaban J connectivity index is 1.94. The van der Waals surface area contributed by atoms with Crippen molar-refractivity contribution in [3.05, 3.63) is 65.7 Å². The van der Waals surface area contributed by atoms with Gasteiger partial charge in [0.2, 0.25) is 11.8 Å². The number of benzene rings is 2. The van der Waals surface area contributed by atoms with Gasteiger partial charge in [-0.1, -0.05) is 49.4 Å². The largest absolute Gasteiger partial charge is 0.497 e. The molecule has 0 aliphatic heterocycles. The maximum atomic E-state index is 12.6. The minimum absolute atomic E-state index is 0.00385. The molecule has 5 nitrogen and oxygen atoms in total. The fourth-order valence-corrected chi connectivity index (χ4v) is 2.99. The molecule has 1 N–H and O–H groups in total. The van der Waals surface area contributed by atoms with Crippen LogP contribution < -0.4 is 10.1 Å². The SMILES string of the molecule is CCCC(=O)N(Cc1ccccc1)C(C)C(=O)NCCc1ccc(OC)cc1. The highest BCUT2D eigenvalue weighted by Crippen LogP contribution is 2.13. The Morgan fingerprint density at radius 1 is 1.04 bits per heavy atom. The lowest BCUT2D eigenvalue weighted by molar-refractivity contribution is -0.140. The second kappa shape index (κ2) is 11.1. The molecule has 2 rings (SSSR count). The summed E-state index contributed by atoms with van der Waals surface area (Å²) in [7, 11) is 1.64. The van der Waals surface area contributed by atoms with Crippen LogP contribution in [0.15, 0.2) is 54.6 Å². The van der Waals surface area contributed by atoms with E-state index in [1.54, 1.807) is 18.9 Å². The quantitative estimate of drug-likeness (QED) is 0.683. The topological polar surface area (TPSA) is 58.6 Å². The third-order valence-corrected chi connectivity index (χ3v) is 4.70. The van der Waals surface area contributed by atoms with E-state index >= 15 is 0 Å². The van der Waals surface area contributed by atoms with E-state index in [1.165, 1.54) is 0 Å². The van der Waals surface area contributed by atoms with Crippen LogP contribution in [0.3, 0.4) is 0 Å². The smallest absolute Gasteiger partial charge is 0.242 e. The first kappa shape index (κ1) is 21.5. The Labute approximate surface area is 167 Å². The number of amides is 2. The molecule has 1 atom stereocenters. The Morgan fingerprint density at radius 2 is 1.71 bits per heavy atom. The number of methoxy groups -OCH3 is 1. The highest BCUT2D eigenvalue weighted by Gasteiger charge is 2.25. The summed E-state index contributed by atoms with van der Waals surface area (Å²) in [5.41, 5.74) is 2.14. The number of nitrogens with one attached hydrogen (secondary N) is 1. The van der Waals surface area contributed by atoms with Crippen LogP contribution in [0.5, 0.6) is 5.75 Å². The summed E-state index contributed by atoms with van der Waals surface area (Å²) >= 11 is 0. The summed E-state index contributed by atoms with van der Waals surface area (Å²) in [6.45, 7) is 4.72. The minimum atomic E-state index is -0.518. The molecule has 2 aromatic carbocycles. The molecule has 1 unspecified atom stereocenters. The highest BCUT2D eigenvalue weighted by atomic mass is 16.5. The van der Waals surface area contributed by atoms with Crippen molar-refractivity contribution in [3.8, 4) is 5.75 Å². The van der Waals surface area contributed by atoms with Crippen LogP contribution in [0.2, 0.25) is 0 Å². The Hall–Kier alpha value is -2.82. The van der Waals surface area contributed by atoms with E-state index in [0.29, 0.717) is 19.5 Å². The first-order valence-corrected chi connectivity index (χ1v) is 9.79. The summed E-state index contributed by atoms with van der Waals surface area (Å²) in [4.78, 5) is 26.9. The molecule has 2 amide bonds. The van der Waals surface area contributed by atoms with Crippen LogP contribution >= 0.6 is 0 Å². The first-order valence-electron chi connectivity index (χ1n) is 9.79. The molecule has 5 heteroatoms. The van der Waals surface area contributed by atoms with Crippen molar-refractivity contribution >= 4 is 11.8 Å². The van der Waals surface area contributed by atoms with Gasteiger partial charge in [0.25, 0.3) is 0 Å². The number of rotatable bonds is 10. The maximum Gasteiger partial charge on any atom is 0.242 e. The molecule has 0 saturated carbocycles. The number of ether oxygens (including phenoxy) is 1. The van der Waals surface area contributed by atoms with Crippen molar-refractivity contribution in [2.75, 3.05) is 13.7 Å². The summed E-state index contributed by atoms with van der Waals surface area (Å²) in [5.74, 6) is 0.686. The molecule has 0 radical (unpaired) electrons. The lowest BCUT2D eigenvalue weighted by atomic mass is 10.1. The van der Waals surface area contributed by atoms with Gasteiger partial charge in [0, 0.05) is 19.5 Å². The fraction of sp³-hybridized carbons (Fsp3) is 0.391. The number of hydrogen-bond donors (Lipinski definition) is 1. The fourth-order valence-electron chi connectivity index (χ4n) is 2.99. The van der Waals surface area contributed by atoms with Crippen LogP contribution in [-0.2, 0) is 22.6 Å². The van der Waals surface area contributed by atoms with E-state index in [1.807, 2.05) is 61.5 Å². The molecule has 150 valence electrons. The standard InChI is InChI=1S/C23H30N2O3/c1-4-8-22(26)25(17-20-9-6-5-7-10-20)18(2)23(27)24-16-15-19-11-13-21(28-3)14-12-19/h5-7,9-14,18H,4,8,15-17H2,1-3H3,(H,24,27). The summed E-state index contributed by atoms with van der Waals surface area (Å²) in [6, 6.07) is 17.0. The molecule has 0 saturated heterocycles. The lowest BCUT2D eigenvalue weighted by Crippen LogP contribution is -2.47. The average molecular weight is 383 g/mol. The van der Waals surface area contributed by atoms with Crippen molar-refractivity contribution in [1.29, 1.82) is 0 Å². The van der Waals surface area contributed by atoms with E-state index in [9.17, 15) is 9.59 Å². The van der Waals surface area contributed by atoms with E-state index < -0.39 is 6.04 Å². The van der Waals surface area contributed by atoms with Crippen molar-refractivity contribution in [3.63, 3.8) is 0 Å². The van der Waals surface area contributed by atoms with Crippen molar-refractivity contribution in [2.45, 2.75) is 45.7 Å². The molecule has 0 aliphatic carbocycles. The molecule has 0 fully saturated rings. The first-order chi connectivity index (χ1) is 13.5. The van der Waals surface area contributed by atoms with Crippen molar-refractivity contribution in [1.82, 2.24) is 10.2 Å². The maximum absolute atomic E-state index is 12.6. The molecule has 0 spiro atoms. The molecular weight excluding hydrogens is 352 g/mol. The van der Waals surface area contributed by atoms with Crippen LogP contribution in [0, 0.1) is 0 Å². The Kier molecular flexibility index (Phi) is 8.53. The molecule has 0 heterocycles. The predicted octanol–water partition coefficient (Wildman–Crippen LogP) is 3.57. The van der Waals surface area contributed by atoms with E-state index in [0.717, 1.165) is 29.7 Å². The van der Waals surface area contributed by atoms with E-state index in [-0.39, 0.29) is 11.8 Å². The minimum Gasteiger partial charge on any atom is -0.497 e. The summed E-state index contributed by atoms with van der Waals surface area (Å²) in [5, 5.41) is 2.96. The number of carbonyl (C=O) groups excluding carboxylic acids is 2. The molecular formula is C23H30N2O3. The summed E-state index contributed by atoms with van der Waals surface area (Å²) < 4.78 is 5.15. The van der Waals surface area contributed by atoms with Gasteiger partial charge in [-0.2, -0.15) is 0 Å². The van der Waals surface area contributed by atoms with Gasteiger partial charge >= 0.3 is 0 Å². The van der Waals surface area contributed by atoms with Gasteiger partial charge in [-0.3, -0.25) is 9.59 Å². The predicted molar refractivity (Wildman–Crippen MR) is 111 cm³/mol. The van der Waals surface area contributed by atoms with Gasteiger partial charge in [0.1, 0.15) is 11.8 Å². The van der Waals surface area contributed by atoms with Gasteiger partial charge in [0.05, 0.1) is 7.11 Å². The Bertz CT molecular complexity index is 744. The second-order valence-corrected chi connectivity index (χ2v) is 6.82. The van der Waals surface area contributed by atoms with Crippen molar-refractivity contribution < 1.29 is 14.3 Å². The summed E-state index contributed by atoms with van der Waals surface area (Å²) in [6.07, 6.45) is 1.93. The van der Waals surface area contributed by atoms with Crippen LogP contribution in [0.1, 0.15) is 37.8 Å². The Morgan fingerprint density at radius 3 is 2.32 bits per heavy atom. The van der Waals surface area contributed by atoms with Gasteiger partial charge in [0.15, 0.2) is 0 Å². The van der Waals surface area contributed by atoms with Gasteiger partial charge in [-0.15, -0.1) is 0 Å². The van der Waals surface area contributed by atoms with Gasteiger partial charge in [-0.25, -0.2) is 0 Å². The van der Waals surface area contributed by atoms with E-state index in [2.05, 4.69) is 5.32 Å². The lowest BCUT2D eigenvalue weighted by Gasteiger charge is -2.28. The zero-order chi connectivity index (χ0) is 20.4. The molecule has 2 aromatic rings. The highest BCUT2D eigenvalue weighted by molar-refractivity contribution is 5.87. The zero-order valence-corrected chi connectivity index (χ0v) is 17.0. The number of hydrogen-bond acceptors (Lipinski definition) is 3. The molecule has 0 aliphatic rings. The zero-order valence-electron chi connectivity index (χ0n) is 17.0. The van der Waals surface area contributed by atoms with Gasteiger partial charge in [-0.05, 0) is 43.0 Å². The second-order valence-electron chi connectivity index (χ2n) is 6.82. The monoisotopic (exact) mass is 382 g/mol. The third kappa shape index (κ3) is 6.41. The van der Waals surface area contributed by atoms with Crippen molar-refractivity contribution in [2.24, 2.45) is 0 Å². The normalized spacial score (nSPS) is 11.5. The molecule has 0 bridgehead atoms. The van der Waals surface area contributed by atoms with Gasteiger partial charge < -0.3 is 15.0 Å². The van der Waals surface area contributed by atoms with Crippen LogP contribution in [0.4, 0.5) is 0 Å².